The highest BCUT2D eigenvalue weighted by molar-refractivity contribution is 5.51. The average Bonchev–Trinajstić information content (AvgIpc) is 2.60. The summed E-state index contributed by atoms with van der Waals surface area (Å²) in [5, 5.41) is 19.4. The minimum Gasteiger partial charge on any atom is -0.393 e. The van der Waals surface area contributed by atoms with Gasteiger partial charge in [-0.25, -0.2) is 0 Å². The number of hydrogen-bond acceptors (Lipinski definition) is 3. The second-order valence-corrected chi connectivity index (χ2v) is 7.62. The van der Waals surface area contributed by atoms with E-state index in [2.05, 4.69) is 6.92 Å². The summed E-state index contributed by atoms with van der Waals surface area (Å²) in [4.78, 5) is 10.1. The zero-order chi connectivity index (χ0) is 18.6. The molecule has 0 aliphatic carbocycles. The predicted octanol–water partition coefficient (Wildman–Crippen LogP) is 5.86. The number of hydrogen-bond donors (Lipinski definition) is 2. The quantitative estimate of drug-likeness (QED) is 0.269. The van der Waals surface area contributed by atoms with Gasteiger partial charge in [0.15, 0.2) is 0 Å². The van der Waals surface area contributed by atoms with Gasteiger partial charge in [0.05, 0.1) is 12.2 Å². The fraction of sp³-hybridized carbons (Fsp3) is 0.955. The lowest BCUT2D eigenvalue weighted by Gasteiger charge is -2.11. The lowest BCUT2D eigenvalue weighted by atomic mass is 10.0. The molecule has 0 saturated heterocycles. The zero-order valence-corrected chi connectivity index (χ0v) is 16.7. The molecule has 0 aromatic heterocycles. The van der Waals surface area contributed by atoms with Crippen molar-refractivity contribution in [3.05, 3.63) is 0 Å². The lowest BCUT2D eigenvalue weighted by molar-refractivity contribution is 0.138. The molecule has 0 aromatic carbocycles. The highest BCUT2D eigenvalue weighted by Crippen LogP contribution is 2.15. The average molecular weight is 356 g/mol. The van der Waals surface area contributed by atoms with Crippen LogP contribution < -0.4 is 0 Å². The molecule has 0 spiro atoms. The second kappa shape index (κ2) is 19.9. The molecule has 149 valence electrons. The van der Waals surface area contributed by atoms with Gasteiger partial charge in [-0.05, 0) is 19.3 Å². The van der Waals surface area contributed by atoms with E-state index < -0.39 is 6.10 Å². The number of carbonyl (C=O) groups excluding carboxylic acids is 1. The summed E-state index contributed by atoms with van der Waals surface area (Å²) in [7, 11) is 0. The van der Waals surface area contributed by atoms with Crippen LogP contribution in [-0.4, -0.2) is 28.7 Å². The summed E-state index contributed by atoms with van der Waals surface area (Å²) in [6.45, 7) is 2.27. The van der Waals surface area contributed by atoms with Crippen molar-refractivity contribution in [3.8, 4) is 0 Å². The molecule has 0 aromatic rings. The Morgan fingerprint density at radius 3 is 1.40 bits per heavy atom. The second-order valence-electron chi connectivity index (χ2n) is 7.62. The summed E-state index contributed by atoms with van der Waals surface area (Å²) in [5.41, 5.74) is 0. The number of rotatable bonds is 20. The summed E-state index contributed by atoms with van der Waals surface area (Å²) in [5.74, 6) is 0. The highest BCUT2D eigenvalue weighted by atomic mass is 16.3. The van der Waals surface area contributed by atoms with E-state index in [4.69, 9.17) is 0 Å². The van der Waals surface area contributed by atoms with E-state index in [1.807, 2.05) is 0 Å². The van der Waals surface area contributed by atoms with Crippen LogP contribution in [0.3, 0.4) is 0 Å². The largest absolute Gasteiger partial charge is 0.393 e. The molecule has 25 heavy (non-hydrogen) atoms. The van der Waals surface area contributed by atoms with Crippen molar-refractivity contribution < 1.29 is 15.0 Å². The molecule has 2 N–H and O–H groups in total. The van der Waals surface area contributed by atoms with Crippen LogP contribution in [-0.2, 0) is 4.79 Å². The Kier molecular flexibility index (Phi) is 19.6. The molecule has 0 aliphatic rings. The summed E-state index contributed by atoms with van der Waals surface area (Å²) >= 11 is 0. The van der Waals surface area contributed by atoms with Crippen LogP contribution in [0.2, 0.25) is 0 Å². The molecule has 0 amide bonds. The van der Waals surface area contributed by atoms with Gasteiger partial charge in [0, 0.05) is 6.42 Å². The first-order valence-electron chi connectivity index (χ1n) is 10.9. The molecule has 1 radical (unpaired) electrons. The Morgan fingerprint density at radius 2 is 0.960 bits per heavy atom. The normalized spacial score (nSPS) is 13.7. The molecule has 3 nitrogen and oxygen atoms in total. The number of unbranched alkanes of at least 4 members (excludes halogenated alkanes) is 12. The van der Waals surface area contributed by atoms with E-state index in [1.165, 1.54) is 70.6 Å². The van der Waals surface area contributed by atoms with E-state index >= 15 is 0 Å². The maximum Gasteiger partial charge on any atom is 0.201 e. The van der Waals surface area contributed by atoms with Gasteiger partial charge in [0.25, 0.3) is 0 Å². The third-order valence-electron chi connectivity index (χ3n) is 5.03. The van der Waals surface area contributed by atoms with E-state index in [-0.39, 0.29) is 12.5 Å². The van der Waals surface area contributed by atoms with Crippen molar-refractivity contribution in [2.24, 2.45) is 0 Å². The first kappa shape index (κ1) is 24.6. The first-order valence-corrected chi connectivity index (χ1v) is 10.9. The smallest absolute Gasteiger partial charge is 0.201 e. The SMILES string of the molecule is CCCCCCCCCCCCCCC(O)CCCCC(O)C[C]=O. The monoisotopic (exact) mass is 355 g/mol. The van der Waals surface area contributed by atoms with Crippen molar-refractivity contribution in [2.45, 2.75) is 135 Å². The van der Waals surface area contributed by atoms with Gasteiger partial charge in [-0.2, -0.15) is 0 Å². The first-order chi connectivity index (χ1) is 12.2. The van der Waals surface area contributed by atoms with E-state index in [1.54, 1.807) is 6.29 Å². The van der Waals surface area contributed by atoms with Crippen LogP contribution in [0.1, 0.15) is 122 Å². The lowest BCUT2D eigenvalue weighted by Crippen LogP contribution is -2.09. The van der Waals surface area contributed by atoms with Crippen molar-refractivity contribution >= 4 is 6.29 Å². The van der Waals surface area contributed by atoms with Gasteiger partial charge in [-0.1, -0.05) is 96.8 Å². The van der Waals surface area contributed by atoms with E-state index in [0.717, 1.165) is 32.1 Å². The number of aliphatic hydroxyl groups is 2. The molecule has 0 saturated carbocycles. The Hall–Kier alpha value is -0.410. The standard InChI is InChI=1S/C22H43O3/c1-2-3-4-5-6-7-8-9-10-11-12-13-16-21(24)17-14-15-18-22(25)19-20-23/h21-22,24-25H,2-19H2,1H3. The molecule has 3 heteroatoms. The summed E-state index contributed by atoms with van der Waals surface area (Å²) in [6.07, 6.45) is 21.4. The van der Waals surface area contributed by atoms with E-state index in [0.29, 0.717) is 6.42 Å². The molecule has 2 unspecified atom stereocenters. The zero-order valence-electron chi connectivity index (χ0n) is 16.7. The van der Waals surface area contributed by atoms with Gasteiger partial charge < -0.3 is 10.2 Å². The van der Waals surface area contributed by atoms with Gasteiger partial charge in [0.2, 0.25) is 6.29 Å². The highest BCUT2D eigenvalue weighted by Gasteiger charge is 2.06. The van der Waals surface area contributed by atoms with Gasteiger partial charge in [-0.3, -0.25) is 4.79 Å². The fourth-order valence-corrected chi connectivity index (χ4v) is 3.32. The third kappa shape index (κ3) is 19.8. The third-order valence-corrected chi connectivity index (χ3v) is 5.03. The van der Waals surface area contributed by atoms with Crippen LogP contribution in [0.25, 0.3) is 0 Å². The van der Waals surface area contributed by atoms with Gasteiger partial charge in [-0.15, -0.1) is 0 Å². The molecular weight excluding hydrogens is 312 g/mol. The maximum absolute atomic E-state index is 10.1. The van der Waals surface area contributed by atoms with Crippen LogP contribution in [0.5, 0.6) is 0 Å². The van der Waals surface area contributed by atoms with Crippen molar-refractivity contribution in [2.75, 3.05) is 0 Å². The maximum atomic E-state index is 10.1. The van der Waals surface area contributed by atoms with Crippen molar-refractivity contribution in [1.29, 1.82) is 0 Å². The van der Waals surface area contributed by atoms with Gasteiger partial charge >= 0.3 is 0 Å². The molecule has 0 aliphatic heterocycles. The Morgan fingerprint density at radius 1 is 0.600 bits per heavy atom. The molecule has 0 rings (SSSR count). The minimum atomic E-state index is -0.550. The molecule has 2 atom stereocenters. The molecule has 0 fully saturated rings. The van der Waals surface area contributed by atoms with Crippen LogP contribution >= 0.6 is 0 Å². The molecule has 0 bridgehead atoms. The van der Waals surface area contributed by atoms with Crippen molar-refractivity contribution in [3.63, 3.8) is 0 Å². The van der Waals surface area contributed by atoms with Crippen LogP contribution in [0.15, 0.2) is 0 Å². The van der Waals surface area contributed by atoms with Crippen LogP contribution in [0, 0.1) is 0 Å². The summed E-state index contributed by atoms with van der Waals surface area (Å²) < 4.78 is 0. The van der Waals surface area contributed by atoms with Crippen molar-refractivity contribution in [1.82, 2.24) is 0 Å². The van der Waals surface area contributed by atoms with E-state index in [9.17, 15) is 15.0 Å². The fourth-order valence-electron chi connectivity index (χ4n) is 3.32. The molecular formula is C22H43O3. The summed E-state index contributed by atoms with van der Waals surface area (Å²) in [6, 6.07) is 0. The molecule has 0 heterocycles. The van der Waals surface area contributed by atoms with Gasteiger partial charge in [0.1, 0.15) is 0 Å². The topological polar surface area (TPSA) is 57.5 Å². The minimum absolute atomic E-state index is 0.113. The predicted molar refractivity (Wildman–Crippen MR) is 106 cm³/mol. The Balaban J connectivity index is 3.19. The Bertz CT molecular complexity index is 268. The Labute approximate surface area is 156 Å². The van der Waals surface area contributed by atoms with Crippen LogP contribution in [0.4, 0.5) is 0 Å². The number of aliphatic hydroxyl groups excluding tert-OH is 2.